The van der Waals surface area contributed by atoms with Crippen LogP contribution in [0.1, 0.15) is 38.5 Å². The molecule has 0 unspecified atom stereocenters. The van der Waals surface area contributed by atoms with Crippen molar-refractivity contribution in [3.8, 4) is 0 Å². The van der Waals surface area contributed by atoms with Gasteiger partial charge in [0.2, 0.25) is 0 Å². The molecule has 2 nitrogen and oxygen atoms in total. The molecule has 0 aromatic heterocycles. The Morgan fingerprint density at radius 1 is 1.12 bits per heavy atom. The van der Waals surface area contributed by atoms with Gasteiger partial charge in [-0.05, 0) is 31.1 Å². The first-order valence-electron chi connectivity index (χ1n) is 6.03. The fourth-order valence-electron chi connectivity index (χ4n) is 4.17. The molecule has 0 N–H and O–H groups in total. The predicted octanol–water partition coefficient (Wildman–Crippen LogP) is 2.88. The highest BCUT2D eigenvalue weighted by molar-refractivity contribution is 7.93. The van der Waals surface area contributed by atoms with E-state index in [9.17, 15) is 8.42 Å². The van der Waals surface area contributed by atoms with E-state index in [0.29, 0.717) is 5.75 Å². The minimum Gasteiger partial charge on any atom is -0.227 e. The fourth-order valence-corrected chi connectivity index (χ4v) is 7.40. The van der Waals surface area contributed by atoms with Gasteiger partial charge in [0.25, 0.3) is 0 Å². The van der Waals surface area contributed by atoms with Crippen LogP contribution in [0.5, 0.6) is 0 Å². The van der Waals surface area contributed by atoms with Crippen LogP contribution < -0.4 is 0 Å². The van der Waals surface area contributed by atoms with E-state index < -0.39 is 14.5 Å². The van der Waals surface area contributed by atoms with Gasteiger partial charge in [-0.2, -0.15) is 0 Å². The third-order valence-electron chi connectivity index (χ3n) is 4.97. The second-order valence-corrected chi connectivity index (χ2v) is 8.43. The molecule has 2 aliphatic carbocycles. The summed E-state index contributed by atoms with van der Waals surface area (Å²) in [5.74, 6) is 0.318. The van der Waals surface area contributed by atoms with Gasteiger partial charge in [0.15, 0.2) is 9.84 Å². The van der Waals surface area contributed by atoms with Crippen molar-refractivity contribution in [1.29, 1.82) is 0 Å². The first kappa shape index (κ1) is 11.1. The van der Waals surface area contributed by atoms with E-state index >= 15 is 0 Å². The van der Waals surface area contributed by atoms with E-state index in [1.54, 1.807) is 0 Å². The van der Waals surface area contributed by atoms with Crippen LogP contribution in [-0.4, -0.2) is 18.9 Å². The Hall–Kier alpha value is -0.0200. The Balaban J connectivity index is 2.17. The molecule has 3 aliphatic rings. The first-order valence-corrected chi connectivity index (χ1v) is 8.18. The molecular formula is C12H17ClO2S. The standard InChI is InChI=1S/C12H17ClO2S/c13-10-12-7-3-1-5-11(12,6-2-4-8-12)9-16(10,14)15/h1,3,10H,2,4-9H2/t10-,11+,12-/m0/s1. The van der Waals surface area contributed by atoms with Gasteiger partial charge >= 0.3 is 0 Å². The van der Waals surface area contributed by atoms with Gasteiger partial charge < -0.3 is 0 Å². The van der Waals surface area contributed by atoms with Gasteiger partial charge in [-0.3, -0.25) is 0 Å². The molecule has 0 aromatic rings. The number of sulfone groups is 1. The summed E-state index contributed by atoms with van der Waals surface area (Å²) in [4.78, 5) is 0. The van der Waals surface area contributed by atoms with Crippen LogP contribution in [0.25, 0.3) is 0 Å². The summed E-state index contributed by atoms with van der Waals surface area (Å²) in [7, 11) is -3.08. The molecule has 90 valence electrons. The second-order valence-electron chi connectivity index (χ2n) is 5.65. The second kappa shape index (κ2) is 3.26. The summed E-state index contributed by atoms with van der Waals surface area (Å²) in [6.07, 6.45) is 10.4. The van der Waals surface area contributed by atoms with Crippen molar-refractivity contribution in [2.45, 2.75) is 43.2 Å². The molecule has 4 heteroatoms. The van der Waals surface area contributed by atoms with Gasteiger partial charge in [-0.25, -0.2) is 8.42 Å². The smallest absolute Gasteiger partial charge is 0.168 e. The van der Waals surface area contributed by atoms with Crippen LogP contribution in [0, 0.1) is 10.8 Å². The molecule has 0 spiro atoms. The minimum absolute atomic E-state index is 0.0365. The maximum atomic E-state index is 12.1. The average Bonchev–Trinajstić information content (AvgIpc) is 2.45. The van der Waals surface area contributed by atoms with E-state index in [4.69, 9.17) is 11.6 Å². The summed E-state index contributed by atoms with van der Waals surface area (Å²) in [6.45, 7) is 0. The highest BCUT2D eigenvalue weighted by atomic mass is 35.5. The molecule has 3 rings (SSSR count). The average molecular weight is 261 g/mol. The highest BCUT2D eigenvalue weighted by Gasteiger charge is 2.66. The maximum absolute atomic E-state index is 12.1. The normalized spacial score (nSPS) is 49.7. The van der Waals surface area contributed by atoms with Crippen LogP contribution in [0.15, 0.2) is 12.2 Å². The number of allylic oxidation sites excluding steroid dienone is 2. The molecule has 0 amide bonds. The van der Waals surface area contributed by atoms with Crippen molar-refractivity contribution in [3.63, 3.8) is 0 Å². The Kier molecular flexibility index (Phi) is 2.26. The van der Waals surface area contributed by atoms with Crippen LogP contribution in [-0.2, 0) is 9.84 Å². The van der Waals surface area contributed by atoms with E-state index in [2.05, 4.69) is 12.2 Å². The third kappa shape index (κ3) is 1.16. The predicted molar refractivity (Wildman–Crippen MR) is 65.1 cm³/mol. The van der Waals surface area contributed by atoms with Crippen molar-refractivity contribution in [2.75, 3.05) is 5.75 Å². The van der Waals surface area contributed by atoms with Gasteiger partial charge in [-0.15, -0.1) is 11.6 Å². The molecule has 0 radical (unpaired) electrons. The van der Waals surface area contributed by atoms with Crippen LogP contribution in [0.4, 0.5) is 0 Å². The Bertz CT molecular complexity index is 442. The molecule has 2 fully saturated rings. The van der Waals surface area contributed by atoms with Crippen molar-refractivity contribution >= 4 is 21.4 Å². The first-order chi connectivity index (χ1) is 7.53. The molecule has 16 heavy (non-hydrogen) atoms. The molecule has 0 bridgehead atoms. The molecule has 1 saturated carbocycles. The van der Waals surface area contributed by atoms with E-state index in [-0.39, 0.29) is 10.8 Å². The Morgan fingerprint density at radius 3 is 2.56 bits per heavy atom. The largest absolute Gasteiger partial charge is 0.227 e. The number of alkyl halides is 1. The van der Waals surface area contributed by atoms with Gasteiger partial charge in [0.1, 0.15) is 4.71 Å². The lowest BCUT2D eigenvalue weighted by Crippen LogP contribution is -2.46. The van der Waals surface area contributed by atoms with E-state index in [1.807, 2.05) is 0 Å². The lowest BCUT2D eigenvalue weighted by atomic mass is 9.53. The summed E-state index contributed by atoms with van der Waals surface area (Å²) in [5.41, 5.74) is -0.189. The number of hydrogen-bond acceptors (Lipinski definition) is 2. The highest BCUT2D eigenvalue weighted by Crippen LogP contribution is 2.66. The number of rotatable bonds is 0. The zero-order valence-corrected chi connectivity index (χ0v) is 10.9. The summed E-state index contributed by atoms with van der Waals surface area (Å²) < 4.78 is 23.6. The molecule has 1 saturated heterocycles. The van der Waals surface area contributed by atoms with Crippen molar-refractivity contribution in [2.24, 2.45) is 10.8 Å². The van der Waals surface area contributed by atoms with E-state index in [1.165, 1.54) is 0 Å². The van der Waals surface area contributed by atoms with Crippen LogP contribution in [0.3, 0.4) is 0 Å². The lowest BCUT2D eigenvalue weighted by Gasteiger charge is -2.51. The van der Waals surface area contributed by atoms with Crippen molar-refractivity contribution < 1.29 is 8.42 Å². The van der Waals surface area contributed by atoms with Crippen molar-refractivity contribution in [1.82, 2.24) is 0 Å². The van der Waals surface area contributed by atoms with E-state index in [0.717, 1.165) is 38.5 Å². The number of hydrogen-bond donors (Lipinski definition) is 0. The summed E-state index contributed by atoms with van der Waals surface area (Å²) in [6, 6.07) is 0. The molecule has 1 heterocycles. The third-order valence-corrected chi connectivity index (χ3v) is 8.24. The quantitative estimate of drug-likeness (QED) is 0.496. The SMILES string of the molecule is O=S1(=O)C[C@]23CC=CC[C@]2(CCCC3)[C@H]1Cl. The molecule has 3 atom stereocenters. The van der Waals surface area contributed by atoms with Gasteiger partial charge in [0, 0.05) is 5.41 Å². The zero-order valence-electron chi connectivity index (χ0n) is 9.28. The topological polar surface area (TPSA) is 34.1 Å². The molecular weight excluding hydrogens is 244 g/mol. The van der Waals surface area contributed by atoms with Gasteiger partial charge in [-0.1, -0.05) is 25.0 Å². The van der Waals surface area contributed by atoms with Crippen molar-refractivity contribution in [3.05, 3.63) is 12.2 Å². The molecule has 0 aromatic carbocycles. The van der Waals surface area contributed by atoms with Gasteiger partial charge in [0.05, 0.1) is 5.75 Å². The molecule has 1 aliphatic heterocycles. The monoisotopic (exact) mass is 260 g/mol. The Morgan fingerprint density at radius 2 is 1.81 bits per heavy atom. The number of halogens is 1. The maximum Gasteiger partial charge on any atom is 0.168 e. The minimum atomic E-state index is -3.08. The lowest BCUT2D eigenvalue weighted by molar-refractivity contribution is 0.0265. The van der Waals surface area contributed by atoms with Crippen LogP contribution in [0.2, 0.25) is 0 Å². The fraction of sp³-hybridized carbons (Fsp3) is 0.833. The zero-order chi connectivity index (χ0) is 11.4. The summed E-state index contributed by atoms with van der Waals surface area (Å²) >= 11 is 6.31. The summed E-state index contributed by atoms with van der Waals surface area (Å²) in [5, 5.41) is 0. The van der Waals surface area contributed by atoms with Crippen LogP contribution >= 0.6 is 11.6 Å². The Labute approximate surface area is 102 Å².